The molecule has 7 nitrogen and oxygen atoms in total. The fourth-order valence-electron chi connectivity index (χ4n) is 2.55. The second-order valence-corrected chi connectivity index (χ2v) is 6.78. The van der Waals surface area contributed by atoms with Crippen LogP contribution in [0.15, 0.2) is 36.4 Å². The van der Waals surface area contributed by atoms with E-state index >= 15 is 0 Å². The predicted octanol–water partition coefficient (Wildman–Crippen LogP) is 3.86. The summed E-state index contributed by atoms with van der Waals surface area (Å²) in [4.78, 5) is 16.5. The van der Waals surface area contributed by atoms with Crippen molar-refractivity contribution in [3.63, 3.8) is 0 Å². The zero-order valence-corrected chi connectivity index (χ0v) is 16.9. The number of rotatable bonds is 7. The third-order valence-electron chi connectivity index (χ3n) is 4.23. The van der Waals surface area contributed by atoms with Crippen LogP contribution >= 0.6 is 11.5 Å². The summed E-state index contributed by atoms with van der Waals surface area (Å²) in [7, 11) is 3.14. The molecule has 0 radical (unpaired) electrons. The van der Waals surface area contributed by atoms with Crippen molar-refractivity contribution in [1.82, 2.24) is 9.36 Å². The van der Waals surface area contributed by atoms with Crippen LogP contribution in [0, 0.1) is 13.8 Å². The van der Waals surface area contributed by atoms with Gasteiger partial charge in [-0.05, 0) is 49.2 Å². The van der Waals surface area contributed by atoms with Gasteiger partial charge in [0.15, 0.2) is 23.9 Å². The van der Waals surface area contributed by atoms with Gasteiger partial charge < -0.3 is 14.2 Å². The van der Waals surface area contributed by atoms with Gasteiger partial charge in [0.25, 0.3) is 5.91 Å². The Morgan fingerprint density at radius 1 is 1.07 bits per heavy atom. The van der Waals surface area contributed by atoms with E-state index < -0.39 is 0 Å². The number of nitrogens with zero attached hydrogens (tertiary/aromatic N) is 2. The number of hydrogen-bond donors (Lipinski definition) is 1. The van der Waals surface area contributed by atoms with Crippen molar-refractivity contribution in [3.05, 3.63) is 47.5 Å². The minimum Gasteiger partial charge on any atom is -0.493 e. The number of amides is 1. The van der Waals surface area contributed by atoms with Crippen LogP contribution in [0.25, 0.3) is 11.4 Å². The lowest BCUT2D eigenvalue weighted by molar-refractivity contribution is -0.118. The summed E-state index contributed by atoms with van der Waals surface area (Å²) in [5.74, 6) is 2.10. The number of ether oxygens (including phenoxy) is 3. The summed E-state index contributed by atoms with van der Waals surface area (Å²) in [6.07, 6.45) is 0. The highest BCUT2D eigenvalue weighted by Crippen LogP contribution is 2.32. The maximum Gasteiger partial charge on any atom is 0.264 e. The van der Waals surface area contributed by atoms with Crippen LogP contribution in [0.1, 0.15) is 11.1 Å². The van der Waals surface area contributed by atoms with Gasteiger partial charge >= 0.3 is 0 Å². The highest BCUT2D eigenvalue weighted by atomic mass is 32.1. The summed E-state index contributed by atoms with van der Waals surface area (Å²) >= 11 is 1.10. The topological polar surface area (TPSA) is 82.6 Å². The van der Waals surface area contributed by atoms with E-state index in [-0.39, 0.29) is 12.5 Å². The molecule has 8 heteroatoms. The molecular formula is C20H21N3O4S. The van der Waals surface area contributed by atoms with Crippen molar-refractivity contribution >= 4 is 22.6 Å². The number of carbonyl (C=O) groups excluding carboxylic acids is 1. The van der Waals surface area contributed by atoms with Crippen molar-refractivity contribution in [2.75, 3.05) is 26.1 Å². The molecule has 0 saturated carbocycles. The molecule has 146 valence electrons. The van der Waals surface area contributed by atoms with Gasteiger partial charge in [-0.1, -0.05) is 12.1 Å². The Balaban J connectivity index is 1.64. The molecule has 1 heterocycles. The summed E-state index contributed by atoms with van der Waals surface area (Å²) in [5.41, 5.74) is 2.89. The van der Waals surface area contributed by atoms with Crippen LogP contribution in [0.5, 0.6) is 17.2 Å². The predicted molar refractivity (Wildman–Crippen MR) is 108 cm³/mol. The van der Waals surface area contributed by atoms with Gasteiger partial charge in [0.05, 0.1) is 14.2 Å². The lowest BCUT2D eigenvalue weighted by atomic mass is 10.1. The maximum absolute atomic E-state index is 12.2. The van der Waals surface area contributed by atoms with E-state index in [1.54, 1.807) is 26.4 Å². The molecule has 0 aliphatic carbocycles. The highest BCUT2D eigenvalue weighted by molar-refractivity contribution is 7.10. The lowest BCUT2D eigenvalue weighted by Gasteiger charge is -2.10. The molecule has 0 bridgehead atoms. The van der Waals surface area contributed by atoms with Crippen LogP contribution in [-0.2, 0) is 4.79 Å². The molecular weight excluding hydrogens is 378 g/mol. The van der Waals surface area contributed by atoms with E-state index in [0.717, 1.165) is 28.2 Å². The summed E-state index contributed by atoms with van der Waals surface area (Å²) in [6.45, 7) is 3.86. The van der Waals surface area contributed by atoms with Crippen molar-refractivity contribution in [3.8, 4) is 28.6 Å². The van der Waals surface area contributed by atoms with Gasteiger partial charge in [0.2, 0.25) is 5.13 Å². The van der Waals surface area contributed by atoms with Crippen LogP contribution in [0.4, 0.5) is 5.13 Å². The van der Waals surface area contributed by atoms with Gasteiger partial charge in [0.1, 0.15) is 5.75 Å². The Labute approximate surface area is 167 Å². The molecule has 3 rings (SSSR count). The molecule has 0 atom stereocenters. The third kappa shape index (κ3) is 4.40. The molecule has 2 aromatic carbocycles. The van der Waals surface area contributed by atoms with Crippen molar-refractivity contribution in [2.24, 2.45) is 0 Å². The Kier molecular flexibility index (Phi) is 6.10. The molecule has 28 heavy (non-hydrogen) atoms. The first-order valence-electron chi connectivity index (χ1n) is 8.56. The molecule has 3 aromatic rings. The number of nitrogens with one attached hydrogen (secondary N) is 1. The van der Waals surface area contributed by atoms with E-state index in [1.807, 2.05) is 38.1 Å². The van der Waals surface area contributed by atoms with E-state index in [0.29, 0.717) is 28.2 Å². The standard InChI is InChI=1S/C20H21N3O4S/c1-12-6-5-7-15(13(12)2)27-11-18(24)21-20-22-19(23-28-20)14-8-9-16(25-3)17(10-14)26-4/h5-10H,11H2,1-4H3,(H,21,22,23,24). The fourth-order valence-corrected chi connectivity index (χ4v) is 3.15. The third-order valence-corrected chi connectivity index (χ3v) is 4.86. The summed E-state index contributed by atoms with van der Waals surface area (Å²) in [5, 5.41) is 3.11. The van der Waals surface area contributed by atoms with Crippen LogP contribution in [0.2, 0.25) is 0 Å². The van der Waals surface area contributed by atoms with E-state index in [2.05, 4.69) is 14.7 Å². The van der Waals surface area contributed by atoms with Gasteiger partial charge in [-0.25, -0.2) is 0 Å². The molecule has 0 aliphatic rings. The molecule has 0 fully saturated rings. The average Bonchev–Trinajstić information content (AvgIpc) is 3.17. The maximum atomic E-state index is 12.2. The number of benzene rings is 2. The molecule has 1 amide bonds. The van der Waals surface area contributed by atoms with Gasteiger partial charge in [-0.3, -0.25) is 10.1 Å². The smallest absolute Gasteiger partial charge is 0.264 e. The Bertz CT molecular complexity index is 987. The fraction of sp³-hybridized carbons (Fsp3) is 0.250. The van der Waals surface area contributed by atoms with Crippen molar-refractivity contribution in [1.29, 1.82) is 0 Å². The quantitative estimate of drug-likeness (QED) is 0.650. The summed E-state index contributed by atoms with van der Waals surface area (Å²) in [6, 6.07) is 11.1. The van der Waals surface area contributed by atoms with E-state index in [1.165, 1.54) is 0 Å². The highest BCUT2D eigenvalue weighted by Gasteiger charge is 2.13. The first kappa shape index (κ1) is 19.6. The second kappa shape index (κ2) is 8.71. The van der Waals surface area contributed by atoms with E-state index in [4.69, 9.17) is 14.2 Å². The molecule has 0 aliphatic heterocycles. The van der Waals surface area contributed by atoms with E-state index in [9.17, 15) is 4.79 Å². The number of aromatic nitrogens is 2. The number of hydrogen-bond acceptors (Lipinski definition) is 7. The molecule has 1 N–H and O–H groups in total. The normalized spacial score (nSPS) is 10.4. The first-order valence-corrected chi connectivity index (χ1v) is 9.34. The second-order valence-electron chi connectivity index (χ2n) is 6.03. The Morgan fingerprint density at radius 3 is 2.61 bits per heavy atom. The molecule has 0 saturated heterocycles. The van der Waals surface area contributed by atoms with Crippen LogP contribution in [0.3, 0.4) is 0 Å². The lowest BCUT2D eigenvalue weighted by Crippen LogP contribution is -2.20. The van der Waals surface area contributed by atoms with Crippen LogP contribution in [-0.4, -0.2) is 36.1 Å². The number of carbonyl (C=O) groups is 1. The van der Waals surface area contributed by atoms with Crippen molar-refractivity contribution in [2.45, 2.75) is 13.8 Å². The zero-order valence-electron chi connectivity index (χ0n) is 16.1. The number of methoxy groups -OCH3 is 2. The Morgan fingerprint density at radius 2 is 1.86 bits per heavy atom. The zero-order chi connectivity index (χ0) is 20.1. The van der Waals surface area contributed by atoms with Gasteiger partial charge in [-0.2, -0.15) is 9.36 Å². The number of anilines is 1. The largest absolute Gasteiger partial charge is 0.493 e. The monoisotopic (exact) mass is 399 g/mol. The number of aryl methyl sites for hydroxylation is 1. The minimum absolute atomic E-state index is 0.102. The van der Waals surface area contributed by atoms with Crippen LogP contribution < -0.4 is 19.5 Å². The average molecular weight is 399 g/mol. The SMILES string of the molecule is COc1ccc(-c2nsc(NC(=O)COc3cccc(C)c3C)n2)cc1OC. The van der Waals surface area contributed by atoms with Crippen molar-refractivity contribution < 1.29 is 19.0 Å². The van der Waals surface area contributed by atoms with Gasteiger partial charge in [0, 0.05) is 17.1 Å². The first-order chi connectivity index (χ1) is 13.5. The minimum atomic E-state index is -0.295. The Hall–Kier alpha value is -3.13. The molecule has 0 spiro atoms. The molecule has 0 unspecified atom stereocenters. The molecule has 1 aromatic heterocycles. The summed E-state index contributed by atoms with van der Waals surface area (Å²) < 4.78 is 20.4. The van der Waals surface area contributed by atoms with Gasteiger partial charge in [-0.15, -0.1) is 0 Å².